The van der Waals surface area contributed by atoms with Gasteiger partial charge in [0.15, 0.2) is 5.78 Å². The van der Waals surface area contributed by atoms with Crippen LogP contribution in [0.5, 0.6) is 0 Å². The first-order valence-corrected chi connectivity index (χ1v) is 9.64. The molecule has 140 valence electrons. The van der Waals surface area contributed by atoms with Crippen molar-refractivity contribution in [3.8, 4) is 0 Å². The van der Waals surface area contributed by atoms with E-state index in [9.17, 15) is 14.0 Å². The van der Waals surface area contributed by atoms with Gasteiger partial charge in [0.05, 0.1) is 5.75 Å². The Balaban J connectivity index is 1.50. The quantitative estimate of drug-likeness (QED) is 0.331. The minimum absolute atomic E-state index is 0.0616. The zero-order valence-electron chi connectivity index (χ0n) is 15.0. The van der Waals surface area contributed by atoms with Crippen molar-refractivity contribution in [3.05, 3.63) is 102 Å². The lowest BCUT2D eigenvalue weighted by Crippen LogP contribution is -2.07. The van der Waals surface area contributed by atoms with Crippen LogP contribution in [0, 0.1) is 5.82 Å². The topological polar surface area (TPSA) is 46.2 Å². The summed E-state index contributed by atoms with van der Waals surface area (Å²) < 4.78 is 12.9. The number of hydrogen-bond acceptors (Lipinski definition) is 3. The van der Waals surface area contributed by atoms with Crippen molar-refractivity contribution in [1.29, 1.82) is 0 Å². The molecule has 0 saturated heterocycles. The molecule has 3 aromatic rings. The van der Waals surface area contributed by atoms with E-state index in [0.29, 0.717) is 11.3 Å². The number of halogens is 1. The molecule has 3 aromatic carbocycles. The lowest BCUT2D eigenvalue weighted by atomic mass is 10.1. The molecule has 1 amide bonds. The minimum Gasteiger partial charge on any atom is -0.323 e. The fourth-order valence-corrected chi connectivity index (χ4v) is 3.22. The molecular weight excluding hydrogens is 373 g/mol. The Bertz CT molecular complexity index is 968. The molecule has 0 spiro atoms. The van der Waals surface area contributed by atoms with Crippen molar-refractivity contribution in [2.45, 2.75) is 4.90 Å². The molecule has 0 radical (unpaired) electrons. The fraction of sp³-hybridized carbons (Fsp3) is 0.0435. The summed E-state index contributed by atoms with van der Waals surface area (Å²) in [5.74, 6) is -0.374. The summed E-state index contributed by atoms with van der Waals surface area (Å²) in [4.78, 5) is 25.0. The smallest absolute Gasteiger partial charge is 0.248 e. The summed E-state index contributed by atoms with van der Waals surface area (Å²) in [5.41, 5.74) is 2.12. The van der Waals surface area contributed by atoms with Crippen LogP contribution in [0.25, 0.3) is 6.08 Å². The molecule has 3 nitrogen and oxygen atoms in total. The third-order valence-corrected chi connectivity index (χ3v) is 4.90. The summed E-state index contributed by atoms with van der Waals surface area (Å²) in [6.45, 7) is 0. The van der Waals surface area contributed by atoms with Gasteiger partial charge in [0.2, 0.25) is 5.91 Å². The number of rotatable bonds is 7. The van der Waals surface area contributed by atoms with Gasteiger partial charge in [-0.3, -0.25) is 9.59 Å². The number of benzene rings is 3. The molecule has 0 saturated carbocycles. The molecule has 1 N–H and O–H groups in total. The molecule has 28 heavy (non-hydrogen) atoms. The second-order valence-electron chi connectivity index (χ2n) is 5.98. The van der Waals surface area contributed by atoms with Gasteiger partial charge < -0.3 is 5.32 Å². The van der Waals surface area contributed by atoms with E-state index >= 15 is 0 Å². The largest absolute Gasteiger partial charge is 0.323 e. The normalized spacial score (nSPS) is 10.8. The van der Waals surface area contributed by atoms with Crippen molar-refractivity contribution in [1.82, 2.24) is 0 Å². The molecule has 0 heterocycles. The Morgan fingerprint density at radius 3 is 2.25 bits per heavy atom. The van der Waals surface area contributed by atoms with E-state index in [1.807, 2.05) is 42.5 Å². The van der Waals surface area contributed by atoms with Gasteiger partial charge in [-0.1, -0.05) is 30.3 Å². The van der Waals surface area contributed by atoms with Crippen molar-refractivity contribution >= 4 is 35.2 Å². The maximum atomic E-state index is 12.9. The van der Waals surface area contributed by atoms with Crippen molar-refractivity contribution in [2.75, 3.05) is 11.1 Å². The molecule has 0 aromatic heterocycles. The number of carbonyl (C=O) groups excluding carboxylic acids is 2. The third kappa shape index (κ3) is 5.93. The van der Waals surface area contributed by atoms with E-state index < -0.39 is 0 Å². The zero-order chi connectivity index (χ0) is 19.8. The van der Waals surface area contributed by atoms with Gasteiger partial charge in [0, 0.05) is 22.2 Å². The number of ketones is 1. The average Bonchev–Trinajstić information content (AvgIpc) is 2.73. The number of hydrogen-bond donors (Lipinski definition) is 1. The number of anilines is 1. The third-order valence-electron chi connectivity index (χ3n) is 3.88. The van der Waals surface area contributed by atoms with Crippen LogP contribution in [0.1, 0.15) is 15.9 Å². The highest BCUT2D eigenvalue weighted by Gasteiger charge is 2.07. The summed E-state index contributed by atoms with van der Waals surface area (Å²) in [6.07, 6.45) is 3.24. The van der Waals surface area contributed by atoms with E-state index in [2.05, 4.69) is 5.32 Å². The summed E-state index contributed by atoms with van der Waals surface area (Å²) in [5, 5.41) is 2.80. The van der Waals surface area contributed by atoms with Gasteiger partial charge in [-0.15, -0.1) is 11.8 Å². The van der Waals surface area contributed by atoms with E-state index in [1.54, 1.807) is 18.2 Å². The second-order valence-corrected chi connectivity index (χ2v) is 7.03. The lowest BCUT2D eigenvalue weighted by Gasteiger charge is -2.05. The molecule has 0 aliphatic heterocycles. The van der Waals surface area contributed by atoms with Crippen molar-refractivity contribution in [2.24, 2.45) is 0 Å². The zero-order valence-corrected chi connectivity index (χ0v) is 15.8. The predicted octanol–water partition coefficient (Wildman–Crippen LogP) is 5.45. The summed E-state index contributed by atoms with van der Waals surface area (Å²) in [7, 11) is 0. The second kappa shape index (κ2) is 9.67. The van der Waals surface area contributed by atoms with Crippen LogP contribution in [-0.2, 0) is 4.79 Å². The van der Waals surface area contributed by atoms with E-state index in [4.69, 9.17) is 0 Å². The van der Waals surface area contributed by atoms with Gasteiger partial charge in [0.1, 0.15) is 5.82 Å². The van der Waals surface area contributed by atoms with E-state index in [-0.39, 0.29) is 23.3 Å². The first-order valence-electron chi connectivity index (χ1n) is 8.66. The Hall–Kier alpha value is -3.18. The van der Waals surface area contributed by atoms with Crippen molar-refractivity contribution < 1.29 is 14.0 Å². The van der Waals surface area contributed by atoms with Gasteiger partial charge in [0.25, 0.3) is 0 Å². The summed E-state index contributed by atoms with van der Waals surface area (Å²) in [6, 6.07) is 22.4. The lowest BCUT2D eigenvalue weighted by molar-refractivity contribution is -0.111. The van der Waals surface area contributed by atoms with Gasteiger partial charge in [-0.05, 0) is 60.2 Å². The molecular formula is C23H18FNO2S. The van der Waals surface area contributed by atoms with Crippen LogP contribution < -0.4 is 5.32 Å². The molecule has 0 fully saturated rings. The molecule has 0 aliphatic carbocycles. The van der Waals surface area contributed by atoms with Gasteiger partial charge in [-0.2, -0.15) is 0 Å². The average molecular weight is 391 g/mol. The number of nitrogens with one attached hydrogen (secondary N) is 1. The van der Waals surface area contributed by atoms with Crippen LogP contribution in [-0.4, -0.2) is 17.4 Å². The summed E-state index contributed by atoms with van der Waals surface area (Å²) >= 11 is 1.39. The minimum atomic E-state index is -0.361. The van der Waals surface area contributed by atoms with Crippen LogP contribution in [0.15, 0.2) is 89.8 Å². The van der Waals surface area contributed by atoms with Crippen LogP contribution in [0.4, 0.5) is 10.1 Å². The molecule has 0 unspecified atom stereocenters. The number of amides is 1. The maximum absolute atomic E-state index is 12.9. The van der Waals surface area contributed by atoms with E-state index in [1.165, 1.54) is 42.1 Å². The van der Waals surface area contributed by atoms with Gasteiger partial charge >= 0.3 is 0 Å². The van der Waals surface area contributed by atoms with Crippen LogP contribution in [0.2, 0.25) is 0 Å². The van der Waals surface area contributed by atoms with Crippen molar-refractivity contribution in [3.63, 3.8) is 0 Å². The number of Topliss-reactive ketones (excluding diaryl/α,β-unsaturated/α-hetero) is 1. The Kier molecular flexibility index (Phi) is 6.76. The van der Waals surface area contributed by atoms with Crippen LogP contribution in [0.3, 0.4) is 0 Å². The standard InChI is InChI=1S/C23H18FNO2S/c24-19-9-7-18(8-10-19)22(26)16-28-21-13-11-20(12-14-21)25-23(27)15-6-17-4-2-1-3-5-17/h1-15H,16H2,(H,25,27)/b15-6+. The molecule has 0 atom stereocenters. The highest BCUT2D eigenvalue weighted by Crippen LogP contribution is 2.21. The molecule has 5 heteroatoms. The first kappa shape index (κ1) is 19.6. The Morgan fingerprint density at radius 1 is 0.893 bits per heavy atom. The Morgan fingerprint density at radius 2 is 1.57 bits per heavy atom. The van der Waals surface area contributed by atoms with Crippen LogP contribution >= 0.6 is 11.8 Å². The molecule has 0 bridgehead atoms. The monoisotopic (exact) mass is 391 g/mol. The fourth-order valence-electron chi connectivity index (χ4n) is 2.42. The number of thioether (sulfide) groups is 1. The highest BCUT2D eigenvalue weighted by molar-refractivity contribution is 8.00. The predicted molar refractivity (Wildman–Crippen MR) is 112 cm³/mol. The first-order chi connectivity index (χ1) is 13.6. The molecule has 3 rings (SSSR count). The maximum Gasteiger partial charge on any atom is 0.248 e. The molecule has 0 aliphatic rings. The van der Waals surface area contributed by atoms with Gasteiger partial charge in [-0.25, -0.2) is 4.39 Å². The highest BCUT2D eigenvalue weighted by atomic mass is 32.2. The SMILES string of the molecule is O=C(/C=C/c1ccccc1)Nc1ccc(SCC(=O)c2ccc(F)cc2)cc1. The Labute approximate surface area is 167 Å². The van der Waals surface area contributed by atoms with E-state index in [0.717, 1.165) is 10.5 Å². The number of carbonyl (C=O) groups is 2.